The van der Waals surface area contributed by atoms with Gasteiger partial charge in [-0.1, -0.05) is 17.7 Å². The molecule has 1 aliphatic rings. The molecule has 110 valence electrons. The number of carbonyl (C=O) groups excluding carboxylic acids is 1. The van der Waals surface area contributed by atoms with E-state index in [0.717, 1.165) is 19.6 Å². The SMILES string of the molecule is CCOC(=O)C[NH+]1CCN(c2ccc(C)cc2)[C@H](C)C1. The Morgan fingerprint density at radius 1 is 1.40 bits per heavy atom. The maximum absolute atomic E-state index is 11.6. The van der Waals surface area contributed by atoms with Crippen molar-refractivity contribution < 1.29 is 14.4 Å². The third kappa shape index (κ3) is 3.73. The lowest BCUT2D eigenvalue weighted by molar-refractivity contribution is -0.895. The molecule has 0 aliphatic carbocycles. The summed E-state index contributed by atoms with van der Waals surface area (Å²) in [5, 5.41) is 0. The van der Waals surface area contributed by atoms with E-state index in [-0.39, 0.29) is 5.97 Å². The Balaban J connectivity index is 1.92. The lowest BCUT2D eigenvalue weighted by Gasteiger charge is -2.38. The van der Waals surface area contributed by atoms with Crippen molar-refractivity contribution in [3.8, 4) is 0 Å². The van der Waals surface area contributed by atoms with Crippen LogP contribution in [0.1, 0.15) is 19.4 Å². The molecule has 0 spiro atoms. The van der Waals surface area contributed by atoms with Gasteiger partial charge in [0.15, 0.2) is 6.54 Å². The quantitative estimate of drug-likeness (QED) is 0.821. The summed E-state index contributed by atoms with van der Waals surface area (Å²) in [5.41, 5.74) is 2.56. The predicted octanol–water partition coefficient (Wildman–Crippen LogP) is 0.652. The van der Waals surface area contributed by atoms with Crippen molar-refractivity contribution >= 4 is 11.7 Å². The first-order valence-electron chi connectivity index (χ1n) is 7.42. The monoisotopic (exact) mass is 277 g/mol. The van der Waals surface area contributed by atoms with Crippen LogP contribution in [0.3, 0.4) is 0 Å². The molecule has 4 heteroatoms. The smallest absolute Gasteiger partial charge is 0.361 e. The fourth-order valence-electron chi connectivity index (χ4n) is 2.83. The minimum atomic E-state index is -0.0847. The molecule has 0 bridgehead atoms. The molecule has 0 radical (unpaired) electrons. The Morgan fingerprint density at radius 2 is 2.10 bits per heavy atom. The number of nitrogens with zero attached hydrogens (tertiary/aromatic N) is 1. The Kier molecular flexibility index (Phi) is 5.01. The second-order valence-electron chi connectivity index (χ2n) is 5.56. The molecule has 1 unspecified atom stereocenters. The van der Waals surface area contributed by atoms with Gasteiger partial charge >= 0.3 is 5.97 Å². The molecule has 1 N–H and O–H groups in total. The lowest BCUT2D eigenvalue weighted by atomic mass is 10.1. The van der Waals surface area contributed by atoms with Gasteiger partial charge in [0.1, 0.15) is 0 Å². The molecule has 1 aliphatic heterocycles. The Labute approximate surface area is 121 Å². The molecule has 0 aromatic heterocycles. The van der Waals surface area contributed by atoms with Crippen LogP contribution in [0.2, 0.25) is 0 Å². The molecule has 2 atom stereocenters. The summed E-state index contributed by atoms with van der Waals surface area (Å²) in [7, 11) is 0. The zero-order chi connectivity index (χ0) is 14.5. The van der Waals surface area contributed by atoms with Gasteiger partial charge in [-0.15, -0.1) is 0 Å². The van der Waals surface area contributed by atoms with Crippen LogP contribution in [0.4, 0.5) is 5.69 Å². The average molecular weight is 277 g/mol. The molecule has 4 nitrogen and oxygen atoms in total. The molecule has 1 fully saturated rings. The van der Waals surface area contributed by atoms with Crippen LogP contribution in [0, 0.1) is 6.92 Å². The number of piperazine rings is 1. The van der Waals surface area contributed by atoms with E-state index in [1.807, 2.05) is 6.92 Å². The van der Waals surface area contributed by atoms with Gasteiger partial charge < -0.3 is 14.5 Å². The zero-order valence-corrected chi connectivity index (χ0v) is 12.7. The van der Waals surface area contributed by atoms with Gasteiger partial charge in [-0.3, -0.25) is 0 Å². The maximum atomic E-state index is 11.6. The molecule has 20 heavy (non-hydrogen) atoms. The van der Waals surface area contributed by atoms with E-state index < -0.39 is 0 Å². The summed E-state index contributed by atoms with van der Waals surface area (Å²) < 4.78 is 5.03. The first-order valence-corrected chi connectivity index (χ1v) is 7.42. The summed E-state index contributed by atoms with van der Waals surface area (Å²) in [6.07, 6.45) is 0. The number of carbonyl (C=O) groups is 1. The van der Waals surface area contributed by atoms with Crippen LogP contribution < -0.4 is 9.80 Å². The number of rotatable bonds is 4. The van der Waals surface area contributed by atoms with Crippen molar-refractivity contribution in [1.82, 2.24) is 0 Å². The number of ether oxygens (including phenoxy) is 1. The minimum absolute atomic E-state index is 0.0847. The number of hydrogen-bond donors (Lipinski definition) is 1. The maximum Gasteiger partial charge on any atom is 0.361 e. The number of benzene rings is 1. The highest BCUT2D eigenvalue weighted by Gasteiger charge is 2.28. The highest BCUT2D eigenvalue weighted by molar-refractivity contribution is 5.70. The van der Waals surface area contributed by atoms with Crippen molar-refractivity contribution in [3.63, 3.8) is 0 Å². The van der Waals surface area contributed by atoms with Crippen LogP contribution in [0.15, 0.2) is 24.3 Å². The largest absolute Gasteiger partial charge is 0.462 e. The number of esters is 1. The van der Waals surface area contributed by atoms with Crippen LogP contribution >= 0.6 is 0 Å². The molecular formula is C16H25N2O2+. The van der Waals surface area contributed by atoms with Gasteiger partial charge in [-0.25, -0.2) is 4.79 Å². The van der Waals surface area contributed by atoms with Crippen molar-refractivity contribution in [2.24, 2.45) is 0 Å². The van der Waals surface area contributed by atoms with Crippen LogP contribution in [0.5, 0.6) is 0 Å². The minimum Gasteiger partial charge on any atom is -0.462 e. The number of quaternary nitrogens is 1. The molecule has 2 rings (SSSR count). The Bertz CT molecular complexity index is 444. The summed E-state index contributed by atoms with van der Waals surface area (Å²) in [6.45, 7) is 10.1. The topological polar surface area (TPSA) is 34.0 Å². The third-order valence-electron chi connectivity index (χ3n) is 3.89. The molecule has 1 heterocycles. The number of anilines is 1. The zero-order valence-electron chi connectivity index (χ0n) is 12.7. The Hall–Kier alpha value is -1.55. The normalized spacial score (nSPS) is 22.6. The van der Waals surface area contributed by atoms with E-state index in [4.69, 9.17) is 4.74 Å². The van der Waals surface area contributed by atoms with E-state index in [1.54, 1.807) is 0 Å². The molecule has 0 amide bonds. The molecule has 1 saturated heterocycles. The molecule has 1 aromatic rings. The van der Waals surface area contributed by atoms with Gasteiger partial charge in [0.2, 0.25) is 0 Å². The van der Waals surface area contributed by atoms with Gasteiger partial charge in [-0.2, -0.15) is 0 Å². The average Bonchev–Trinajstić information content (AvgIpc) is 2.40. The van der Waals surface area contributed by atoms with E-state index >= 15 is 0 Å². The van der Waals surface area contributed by atoms with Crippen LogP contribution in [-0.4, -0.2) is 44.8 Å². The van der Waals surface area contributed by atoms with Gasteiger partial charge in [0.25, 0.3) is 0 Å². The highest BCUT2D eigenvalue weighted by Crippen LogP contribution is 2.17. The van der Waals surface area contributed by atoms with Crippen molar-refractivity contribution in [1.29, 1.82) is 0 Å². The van der Waals surface area contributed by atoms with E-state index in [0.29, 0.717) is 19.2 Å². The number of aryl methyl sites for hydroxylation is 1. The summed E-state index contributed by atoms with van der Waals surface area (Å²) >= 11 is 0. The van der Waals surface area contributed by atoms with E-state index in [1.165, 1.54) is 16.2 Å². The number of nitrogens with one attached hydrogen (secondary N) is 1. The van der Waals surface area contributed by atoms with Crippen LogP contribution in [0.25, 0.3) is 0 Å². The fraction of sp³-hybridized carbons (Fsp3) is 0.562. The van der Waals surface area contributed by atoms with Crippen molar-refractivity contribution in [2.75, 3.05) is 37.7 Å². The van der Waals surface area contributed by atoms with Gasteiger partial charge in [-0.05, 0) is 32.9 Å². The van der Waals surface area contributed by atoms with Gasteiger partial charge in [0, 0.05) is 5.69 Å². The standard InChI is InChI=1S/C16H24N2O2/c1-4-20-16(19)12-17-9-10-18(14(3)11-17)15-7-5-13(2)6-8-15/h5-8,14H,4,9-12H2,1-3H3/p+1/t14-/m1/s1. The molecule has 1 aromatic carbocycles. The van der Waals surface area contributed by atoms with E-state index in [9.17, 15) is 4.79 Å². The first-order chi connectivity index (χ1) is 9.60. The van der Waals surface area contributed by atoms with E-state index in [2.05, 4.69) is 43.0 Å². The second-order valence-corrected chi connectivity index (χ2v) is 5.56. The fourth-order valence-corrected chi connectivity index (χ4v) is 2.83. The van der Waals surface area contributed by atoms with Crippen molar-refractivity contribution in [3.05, 3.63) is 29.8 Å². The van der Waals surface area contributed by atoms with Gasteiger partial charge in [0.05, 0.1) is 32.3 Å². The van der Waals surface area contributed by atoms with Crippen molar-refractivity contribution in [2.45, 2.75) is 26.8 Å². The second kappa shape index (κ2) is 6.75. The Morgan fingerprint density at radius 3 is 2.70 bits per heavy atom. The molecule has 0 saturated carbocycles. The number of hydrogen-bond acceptors (Lipinski definition) is 3. The third-order valence-corrected chi connectivity index (χ3v) is 3.89. The predicted molar refractivity (Wildman–Crippen MR) is 80.2 cm³/mol. The lowest BCUT2D eigenvalue weighted by Crippen LogP contribution is -3.16. The highest BCUT2D eigenvalue weighted by atomic mass is 16.5. The first kappa shape index (κ1) is 14.9. The summed E-state index contributed by atoms with van der Waals surface area (Å²) in [4.78, 5) is 15.3. The van der Waals surface area contributed by atoms with Crippen LogP contribution in [-0.2, 0) is 9.53 Å². The summed E-state index contributed by atoms with van der Waals surface area (Å²) in [5.74, 6) is -0.0847. The summed E-state index contributed by atoms with van der Waals surface area (Å²) in [6, 6.07) is 9.11. The molecular weight excluding hydrogens is 252 g/mol.